The van der Waals surface area contributed by atoms with Crippen molar-refractivity contribution in [1.82, 2.24) is 5.32 Å². The minimum atomic E-state index is -0.929. The number of hydrogen-bond acceptors (Lipinski definition) is 5. The van der Waals surface area contributed by atoms with E-state index in [1.165, 1.54) is 0 Å². The van der Waals surface area contributed by atoms with Gasteiger partial charge < -0.3 is 19.5 Å². The summed E-state index contributed by atoms with van der Waals surface area (Å²) in [6, 6.07) is 22.7. The molecule has 0 spiro atoms. The number of rotatable bonds is 7. The van der Waals surface area contributed by atoms with Gasteiger partial charge in [0.15, 0.2) is 0 Å². The Labute approximate surface area is 206 Å². The molecule has 1 atom stereocenters. The number of ether oxygens (including phenoxy) is 3. The summed E-state index contributed by atoms with van der Waals surface area (Å²) >= 11 is 0. The first-order valence-corrected chi connectivity index (χ1v) is 11.7. The fourth-order valence-corrected chi connectivity index (χ4v) is 4.44. The van der Waals surface area contributed by atoms with E-state index in [9.17, 15) is 9.59 Å². The van der Waals surface area contributed by atoms with Gasteiger partial charge in [-0.15, -0.1) is 0 Å². The fourth-order valence-electron chi connectivity index (χ4n) is 4.44. The van der Waals surface area contributed by atoms with Crippen LogP contribution in [0.25, 0.3) is 11.1 Å². The van der Waals surface area contributed by atoms with Gasteiger partial charge in [0.25, 0.3) is 0 Å². The van der Waals surface area contributed by atoms with Gasteiger partial charge in [-0.1, -0.05) is 66.7 Å². The van der Waals surface area contributed by atoms with Gasteiger partial charge in [0.2, 0.25) is 0 Å². The number of nitrogens with one attached hydrogen (secondary N) is 1. The van der Waals surface area contributed by atoms with Crippen molar-refractivity contribution in [2.24, 2.45) is 0 Å². The second-order valence-corrected chi connectivity index (χ2v) is 9.57. The number of hydrogen-bond donors (Lipinski definition) is 1. The van der Waals surface area contributed by atoms with Crippen molar-refractivity contribution < 1.29 is 23.8 Å². The normalized spacial score (nSPS) is 13.4. The molecule has 0 bridgehead atoms. The van der Waals surface area contributed by atoms with Crippen molar-refractivity contribution in [1.29, 1.82) is 0 Å². The summed E-state index contributed by atoms with van der Waals surface area (Å²) in [5, 5.41) is 2.72. The summed E-state index contributed by atoms with van der Waals surface area (Å²) in [4.78, 5) is 25.8. The molecule has 1 N–H and O–H groups in total. The van der Waals surface area contributed by atoms with Crippen LogP contribution in [-0.2, 0) is 20.7 Å². The first-order valence-electron chi connectivity index (χ1n) is 11.7. The molecule has 0 aliphatic heterocycles. The Balaban J connectivity index is 1.49. The van der Waals surface area contributed by atoms with E-state index in [-0.39, 0.29) is 18.9 Å². The molecule has 3 aromatic rings. The Morgan fingerprint density at radius 3 is 2.06 bits per heavy atom. The van der Waals surface area contributed by atoms with Gasteiger partial charge in [0, 0.05) is 12.3 Å². The van der Waals surface area contributed by atoms with Gasteiger partial charge in [-0.2, -0.15) is 0 Å². The van der Waals surface area contributed by atoms with Crippen molar-refractivity contribution in [2.75, 3.05) is 13.7 Å². The summed E-state index contributed by atoms with van der Waals surface area (Å²) in [5.74, 6) is 0.0367. The Hall–Kier alpha value is -3.80. The van der Waals surface area contributed by atoms with Crippen LogP contribution < -0.4 is 10.1 Å². The molecule has 0 heterocycles. The summed E-state index contributed by atoms with van der Waals surface area (Å²) in [5.41, 5.74) is 4.64. The molecule has 0 fully saturated rings. The molecule has 35 heavy (non-hydrogen) atoms. The van der Waals surface area contributed by atoms with E-state index in [1.807, 2.05) is 48.5 Å². The lowest BCUT2D eigenvalue weighted by Crippen LogP contribution is -2.46. The first-order chi connectivity index (χ1) is 16.8. The molecule has 0 saturated carbocycles. The predicted molar refractivity (Wildman–Crippen MR) is 135 cm³/mol. The molecular formula is C29H31NO5. The van der Waals surface area contributed by atoms with Crippen LogP contribution in [-0.4, -0.2) is 37.4 Å². The van der Waals surface area contributed by atoms with Crippen LogP contribution in [0.1, 0.15) is 43.4 Å². The van der Waals surface area contributed by atoms with Gasteiger partial charge in [-0.25, -0.2) is 9.59 Å². The maximum Gasteiger partial charge on any atom is 0.407 e. The minimum absolute atomic E-state index is 0.0673. The highest BCUT2D eigenvalue weighted by Crippen LogP contribution is 2.44. The van der Waals surface area contributed by atoms with Crippen LogP contribution in [0.4, 0.5) is 4.79 Å². The Morgan fingerprint density at radius 1 is 0.886 bits per heavy atom. The van der Waals surface area contributed by atoms with Crippen LogP contribution in [0.3, 0.4) is 0 Å². The molecule has 182 valence electrons. The van der Waals surface area contributed by atoms with Crippen molar-refractivity contribution >= 4 is 12.1 Å². The van der Waals surface area contributed by atoms with Gasteiger partial charge in [-0.3, -0.25) is 0 Å². The number of methoxy groups -OCH3 is 1. The van der Waals surface area contributed by atoms with Crippen LogP contribution in [0, 0.1) is 0 Å². The molecule has 4 rings (SSSR count). The Kier molecular flexibility index (Phi) is 7.10. The van der Waals surface area contributed by atoms with Crippen molar-refractivity contribution in [3.63, 3.8) is 0 Å². The molecule has 0 saturated heterocycles. The number of para-hydroxylation sites is 1. The highest BCUT2D eigenvalue weighted by molar-refractivity contribution is 5.82. The number of carbonyl (C=O) groups excluding carboxylic acids is 2. The molecule has 1 aliphatic carbocycles. The van der Waals surface area contributed by atoms with Gasteiger partial charge in [0.1, 0.15) is 24.0 Å². The van der Waals surface area contributed by atoms with Crippen molar-refractivity contribution in [3.8, 4) is 16.9 Å². The minimum Gasteiger partial charge on any atom is -0.496 e. The van der Waals surface area contributed by atoms with Crippen LogP contribution >= 0.6 is 0 Å². The zero-order valence-corrected chi connectivity index (χ0v) is 20.5. The highest BCUT2D eigenvalue weighted by atomic mass is 16.6. The van der Waals surface area contributed by atoms with E-state index in [2.05, 4.69) is 29.6 Å². The second kappa shape index (κ2) is 10.2. The Bertz CT molecular complexity index is 1170. The number of alkyl carbamates (subject to hydrolysis) is 1. The van der Waals surface area contributed by atoms with E-state index in [0.717, 1.165) is 27.8 Å². The summed E-state index contributed by atoms with van der Waals surface area (Å²) in [6.45, 7) is 5.53. The molecule has 0 aromatic heterocycles. The maximum absolute atomic E-state index is 13.0. The lowest BCUT2D eigenvalue weighted by molar-refractivity contribution is -0.157. The summed E-state index contributed by atoms with van der Waals surface area (Å²) in [7, 11) is 1.57. The van der Waals surface area contributed by atoms with E-state index in [4.69, 9.17) is 14.2 Å². The quantitative estimate of drug-likeness (QED) is 0.460. The van der Waals surface area contributed by atoms with E-state index in [0.29, 0.717) is 5.75 Å². The maximum atomic E-state index is 13.0. The molecule has 6 nitrogen and oxygen atoms in total. The SMILES string of the molecule is COc1ccccc1CC(NC(=O)OCC1c2ccccc2-c2ccccc21)C(=O)OC(C)(C)C. The summed E-state index contributed by atoms with van der Waals surface area (Å²) in [6.07, 6.45) is -0.457. The summed E-state index contributed by atoms with van der Waals surface area (Å²) < 4.78 is 16.6. The predicted octanol–water partition coefficient (Wildman–Crippen LogP) is 5.49. The van der Waals surface area contributed by atoms with Crippen molar-refractivity contribution in [2.45, 2.75) is 44.8 Å². The van der Waals surface area contributed by atoms with Gasteiger partial charge in [-0.05, 0) is 54.7 Å². The molecule has 1 unspecified atom stereocenters. The third kappa shape index (κ3) is 5.65. The van der Waals surface area contributed by atoms with E-state index in [1.54, 1.807) is 27.9 Å². The van der Waals surface area contributed by atoms with Gasteiger partial charge in [0.05, 0.1) is 7.11 Å². The number of amides is 1. The number of fused-ring (bicyclic) bond motifs is 3. The average molecular weight is 474 g/mol. The molecule has 1 amide bonds. The molecule has 0 radical (unpaired) electrons. The smallest absolute Gasteiger partial charge is 0.407 e. The molecule has 1 aliphatic rings. The lowest BCUT2D eigenvalue weighted by atomic mass is 9.98. The van der Waals surface area contributed by atoms with Crippen LogP contribution in [0.5, 0.6) is 5.75 Å². The molecular weight excluding hydrogens is 442 g/mol. The second-order valence-electron chi connectivity index (χ2n) is 9.57. The van der Waals surface area contributed by atoms with Crippen LogP contribution in [0.2, 0.25) is 0 Å². The van der Waals surface area contributed by atoms with Crippen molar-refractivity contribution in [3.05, 3.63) is 89.5 Å². The van der Waals surface area contributed by atoms with Crippen LogP contribution in [0.15, 0.2) is 72.8 Å². The number of benzene rings is 3. The molecule has 6 heteroatoms. The number of esters is 1. The highest BCUT2D eigenvalue weighted by Gasteiger charge is 2.31. The van der Waals surface area contributed by atoms with E-state index < -0.39 is 23.7 Å². The Morgan fingerprint density at radius 2 is 1.46 bits per heavy atom. The third-order valence-electron chi connectivity index (χ3n) is 5.94. The first kappa shape index (κ1) is 24.3. The fraction of sp³-hybridized carbons (Fsp3) is 0.310. The topological polar surface area (TPSA) is 73.9 Å². The average Bonchev–Trinajstić information content (AvgIpc) is 3.15. The van der Waals surface area contributed by atoms with Gasteiger partial charge >= 0.3 is 12.1 Å². The third-order valence-corrected chi connectivity index (χ3v) is 5.94. The molecule has 3 aromatic carbocycles. The number of carbonyl (C=O) groups is 2. The zero-order chi connectivity index (χ0) is 25.0. The standard InChI is InChI=1S/C29H31NO5/c1-29(2,3)35-27(31)25(17-19-11-5-10-16-26(19)33-4)30-28(32)34-18-24-22-14-8-6-12-20(22)21-13-7-9-15-23(21)24/h5-16,24-25H,17-18H2,1-4H3,(H,30,32). The largest absolute Gasteiger partial charge is 0.496 e. The zero-order valence-electron chi connectivity index (χ0n) is 20.5. The monoisotopic (exact) mass is 473 g/mol. The van der Waals surface area contributed by atoms with E-state index >= 15 is 0 Å². The lowest BCUT2D eigenvalue weighted by Gasteiger charge is -2.25.